The molecule has 0 aliphatic rings. The van der Waals surface area contributed by atoms with Crippen LogP contribution in [0, 0.1) is 11.3 Å². The molecule has 0 bridgehead atoms. The van der Waals surface area contributed by atoms with Crippen molar-refractivity contribution in [3.8, 4) is 6.07 Å². The number of hydrogen-bond donors (Lipinski definition) is 2. The van der Waals surface area contributed by atoms with E-state index >= 15 is 0 Å². The molecule has 3 N–H and O–H groups in total. The minimum Gasteiger partial charge on any atom is -0.462 e. The number of thioether (sulfide) groups is 1. The van der Waals surface area contributed by atoms with Crippen molar-refractivity contribution in [3.63, 3.8) is 0 Å². The van der Waals surface area contributed by atoms with Crippen LogP contribution in [0.25, 0.3) is 0 Å². The lowest BCUT2D eigenvalue weighted by atomic mass is 10.2. The van der Waals surface area contributed by atoms with Gasteiger partial charge in [0.1, 0.15) is 15.9 Å². The number of ether oxygens (including phenoxy) is 1. The molecule has 24 heavy (non-hydrogen) atoms. The highest BCUT2D eigenvalue weighted by atomic mass is 32.2. The molecule has 128 valence electrons. The minimum absolute atomic E-state index is 0.272. The third-order valence-electron chi connectivity index (χ3n) is 2.88. The summed E-state index contributed by atoms with van der Waals surface area (Å²) in [5.41, 5.74) is 6.79. The number of nitrogen functional groups attached to an aromatic ring is 1. The Morgan fingerprint density at radius 1 is 1.42 bits per heavy atom. The van der Waals surface area contributed by atoms with Gasteiger partial charge in [-0.1, -0.05) is 30.0 Å². The minimum atomic E-state index is -0.450. The highest BCUT2D eigenvalue weighted by Crippen LogP contribution is 2.36. The number of aromatic nitrogens is 2. The second-order valence-electron chi connectivity index (χ2n) is 4.57. The zero-order valence-electron chi connectivity index (χ0n) is 13.3. The first kappa shape index (κ1) is 18.5. The predicted molar refractivity (Wildman–Crippen MR) is 97.7 cm³/mol. The molecule has 2 heterocycles. The summed E-state index contributed by atoms with van der Waals surface area (Å²) in [5, 5.41) is 21.7. The highest BCUT2D eigenvalue weighted by Gasteiger charge is 2.23. The van der Waals surface area contributed by atoms with E-state index in [2.05, 4.69) is 28.5 Å². The summed E-state index contributed by atoms with van der Waals surface area (Å²) < 4.78 is 5.80. The van der Waals surface area contributed by atoms with E-state index in [4.69, 9.17) is 10.5 Å². The number of anilines is 2. The Bertz CT molecular complexity index is 750. The number of carbonyl (C=O) groups excluding carboxylic acids is 1. The lowest BCUT2D eigenvalue weighted by Crippen LogP contribution is -2.05. The fraction of sp³-hybridized carbons (Fsp3) is 0.429. The van der Waals surface area contributed by atoms with E-state index in [-0.39, 0.29) is 6.61 Å². The summed E-state index contributed by atoms with van der Waals surface area (Å²) in [7, 11) is 0. The largest absolute Gasteiger partial charge is 0.462 e. The molecule has 0 saturated carbocycles. The first-order valence-corrected chi connectivity index (χ1v) is 9.91. The lowest BCUT2D eigenvalue weighted by Gasteiger charge is -2.03. The van der Waals surface area contributed by atoms with Crippen LogP contribution in [0.4, 0.5) is 10.1 Å². The molecule has 0 spiro atoms. The molecule has 0 unspecified atom stereocenters. The Morgan fingerprint density at radius 2 is 2.21 bits per heavy atom. The van der Waals surface area contributed by atoms with Crippen molar-refractivity contribution in [1.82, 2.24) is 10.2 Å². The number of nitriles is 1. The molecule has 0 aliphatic heterocycles. The smallest absolute Gasteiger partial charge is 0.348 e. The van der Waals surface area contributed by atoms with Gasteiger partial charge >= 0.3 is 5.97 Å². The van der Waals surface area contributed by atoms with Gasteiger partial charge in [0.15, 0.2) is 4.34 Å². The quantitative estimate of drug-likeness (QED) is 0.527. The molecular formula is C14H17N5O2S3. The molecule has 0 saturated heterocycles. The zero-order valence-corrected chi connectivity index (χ0v) is 15.7. The van der Waals surface area contributed by atoms with Crippen LogP contribution in [0.1, 0.15) is 41.1 Å². The zero-order chi connectivity index (χ0) is 17.5. The summed E-state index contributed by atoms with van der Waals surface area (Å²) in [6.07, 6.45) is 1.00. The van der Waals surface area contributed by atoms with Crippen LogP contribution >= 0.6 is 34.4 Å². The van der Waals surface area contributed by atoms with Gasteiger partial charge in [-0.05, 0) is 13.3 Å². The SMILES string of the molecule is CCCNc1nnc(SCc2c(C(=O)OCC)sc(N)c2C#N)s1. The second kappa shape index (κ2) is 8.86. The third-order valence-corrected chi connectivity index (χ3v) is 5.96. The van der Waals surface area contributed by atoms with Crippen LogP contribution in [0.3, 0.4) is 0 Å². The van der Waals surface area contributed by atoms with E-state index < -0.39 is 5.97 Å². The van der Waals surface area contributed by atoms with Crippen LogP contribution < -0.4 is 11.1 Å². The van der Waals surface area contributed by atoms with Gasteiger partial charge in [0.05, 0.1) is 12.2 Å². The molecule has 0 atom stereocenters. The summed E-state index contributed by atoms with van der Waals surface area (Å²) >= 11 is 3.94. The molecule has 2 aromatic rings. The predicted octanol–water partition coefficient (Wildman–Crippen LogP) is 3.34. The maximum Gasteiger partial charge on any atom is 0.348 e. The van der Waals surface area contributed by atoms with Crippen LogP contribution in [-0.4, -0.2) is 29.3 Å². The molecule has 0 aliphatic carbocycles. The fourth-order valence-electron chi connectivity index (χ4n) is 1.81. The Balaban J connectivity index is 2.15. The van der Waals surface area contributed by atoms with Gasteiger partial charge < -0.3 is 15.8 Å². The van der Waals surface area contributed by atoms with Gasteiger partial charge in [0, 0.05) is 17.9 Å². The Hall–Kier alpha value is -1.83. The van der Waals surface area contributed by atoms with E-state index in [1.54, 1.807) is 6.92 Å². The number of hydrogen-bond acceptors (Lipinski definition) is 10. The molecule has 10 heteroatoms. The Morgan fingerprint density at radius 3 is 2.88 bits per heavy atom. The Labute approximate surface area is 152 Å². The van der Waals surface area contributed by atoms with Crippen molar-refractivity contribution in [1.29, 1.82) is 5.26 Å². The van der Waals surface area contributed by atoms with Crippen LogP contribution in [0.15, 0.2) is 4.34 Å². The number of esters is 1. The van der Waals surface area contributed by atoms with E-state index in [0.717, 1.165) is 33.8 Å². The van der Waals surface area contributed by atoms with Gasteiger partial charge in [-0.3, -0.25) is 0 Å². The van der Waals surface area contributed by atoms with Crippen LogP contribution in [0.2, 0.25) is 0 Å². The number of rotatable bonds is 8. The van der Waals surface area contributed by atoms with E-state index in [0.29, 0.717) is 26.8 Å². The number of thiophene rings is 1. The number of nitrogens with two attached hydrogens (primary N) is 1. The summed E-state index contributed by atoms with van der Waals surface area (Å²) in [6.45, 7) is 4.92. The average Bonchev–Trinajstić information content (AvgIpc) is 3.15. The topological polar surface area (TPSA) is 114 Å². The van der Waals surface area contributed by atoms with E-state index in [1.165, 1.54) is 23.1 Å². The average molecular weight is 384 g/mol. The second-order valence-corrected chi connectivity index (χ2v) is 7.82. The summed E-state index contributed by atoms with van der Waals surface area (Å²) in [4.78, 5) is 12.4. The number of nitrogens with zero attached hydrogens (tertiary/aromatic N) is 3. The lowest BCUT2D eigenvalue weighted by molar-refractivity contribution is 0.0531. The van der Waals surface area contributed by atoms with Crippen LogP contribution in [-0.2, 0) is 10.5 Å². The maximum absolute atomic E-state index is 12.1. The van der Waals surface area contributed by atoms with Gasteiger partial charge in [-0.25, -0.2) is 4.79 Å². The van der Waals surface area contributed by atoms with Gasteiger partial charge in [0.25, 0.3) is 0 Å². The molecule has 0 amide bonds. The molecular weight excluding hydrogens is 366 g/mol. The van der Waals surface area contributed by atoms with Crippen molar-refractivity contribution in [2.24, 2.45) is 0 Å². The van der Waals surface area contributed by atoms with Gasteiger partial charge in [-0.15, -0.1) is 21.5 Å². The van der Waals surface area contributed by atoms with Crippen molar-refractivity contribution in [2.45, 2.75) is 30.4 Å². The highest BCUT2D eigenvalue weighted by molar-refractivity contribution is 8.00. The molecule has 0 fully saturated rings. The van der Waals surface area contributed by atoms with Crippen molar-refractivity contribution < 1.29 is 9.53 Å². The van der Waals surface area contributed by atoms with Crippen molar-refractivity contribution >= 4 is 50.5 Å². The monoisotopic (exact) mass is 383 g/mol. The number of nitrogens with one attached hydrogen (secondary N) is 1. The van der Waals surface area contributed by atoms with Crippen molar-refractivity contribution in [3.05, 3.63) is 16.0 Å². The summed E-state index contributed by atoms with van der Waals surface area (Å²) in [6, 6.07) is 2.07. The third kappa shape index (κ3) is 4.37. The van der Waals surface area contributed by atoms with E-state index in [1.807, 2.05) is 0 Å². The molecule has 0 radical (unpaired) electrons. The Kier molecular flexibility index (Phi) is 6.84. The molecule has 2 aromatic heterocycles. The van der Waals surface area contributed by atoms with Gasteiger partial charge in [-0.2, -0.15) is 5.26 Å². The molecule has 0 aromatic carbocycles. The first-order chi connectivity index (χ1) is 11.6. The normalized spacial score (nSPS) is 10.4. The molecule has 7 nitrogen and oxygen atoms in total. The van der Waals surface area contributed by atoms with Crippen molar-refractivity contribution in [2.75, 3.05) is 24.2 Å². The first-order valence-electron chi connectivity index (χ1n) is 7.29. The van der Waals surface area contributed by atoms with E-state index in [9.17, 15) is 10.1 Å². The standard InChI is InChI=1S/C14H17N5O2S3/c1-3-5-17-13-18-19-14(24-13)22-7-9-8(6-15)11(16)23-10(9)12(20)21-4-2/h3-5,7,16H2,1-2H3,(H,17,18). The number of carbonyl (C=O) groups is 1. The maximum atomic E-state index is 12.1. The molecule has 2 rings (SSSR count). The summed E-state index contributed by atoms with van der Waals surface area (Å²) in [5.74, 6) is -0.0403. The van der Waals surface area contributed by atoms with Crippen LogP contribution in [0.5, 0.6) is 0 Å². The van der Waals surface area contributed by atoms with Gasteiger partial charge in [0.2, 0.25) is 5.13 Å². The fourth-order valence-corrected chi connectivity index (χ4v) is 4.64.